The van der Waals surface area contributed by atoms with Crippen LogP contribution in [0.1, 0.15) is 26.8 Å². The molecule has 7 nitrogen and oxygen atoms in total. The summed E-state index contributed by atoms with van der Waals surface area (Å²) < 4.78 is 0. The zero-order chi connectivity index (χ0) is 14.0. The standard InChI is InChI=1S/C11H9ClN4O3/c1-5-13-9(16-15-5)10(17)14-6-2-3-7(11(18)19)8(12)4-6/h2-4H,1H3,(H,14,17)(H,18,19)(H,13,15,16). The number of carboxylic acids is 1. The lowest BCUT2D eigenvalue weighted by atomic mass is 10.2. The zero-order valence-corrected chi connectivity index (χ0v) is 10.5. The number of rotatable bonds is 3. The molecule has 0 aliphatic carbocycles. The van der Waals surface area contributed by atoms with Crippen LogP contribution in [0.5, 0.6) is 0 Å². The molecule has 0 saturated carbocycles. The third-order valence-corrected chi connectivity index (χ3v) is 2.57. The zero-order valence-electron chi connectivity index (χ0n) is 9.77. The number of anilines is 1. The highest BCUT2D eigenvalue weighted by Gasteiger charge is 2.13. The van der Waals surface area contributed by atoms with E-state index in [0.717, 1.165) is 0 Å². The molecule has 0 bridgehead atoms. The number of H-pyrrole nitrogens is 1. The van der Waals surface area contributed by atoms with Gasteiger partial charge < -0.3 is 10.4 Å². The van der Waals surface area contributed by atoms with Gasteiger partial charge in [0.25, 0.3) is 5.91 Å². The summed E-state index contributed by atoms with van der Waals surface area (Å²) in [4.78, 5) is 26.4. The van der Waals surface area contributed by atoms with Crippen molar-refractivity contribution in [2.75, 3.05) is 5.32 Å². The second-order valence-corrected chi connectivity index (χ2v) is 4.11. The molecule has 1 amide bonds. The fourth-order valence-electron chi connectivity index (χ4n) is 1.40. The minimum Gasteiger partial charge on any atom is -0.478 e. The SMILES string of the molecule is Cc1nc(C(=O)Nc2ccc(C(=O)O)c(Cl)c2)n[nH]1. The summed E-state index contributed by atoms with van der Waals surface area (Å²) in [6, 6.07) is 4.10. The van der Waals surface area contributed by atoms with Crippen LogP contribution in [0.4, 0.5) is 5.69 Å². The molecule has 1 aromatic carbocycles. The molecular formula is C11H9ClN4O3. The summed E-state index contributed by atoms with van der Waals surface area (Å²) >= 11 is 5.79. The molecule has 98 valence electrons. The van der Waals surface area contributed by atoms with Crippen molar-refractivity contribution in [3.05, 3.63) is 40.4 Å². The minimum atomic E-state index is -1.13. The van der Waals surface area contributed by atoms with E-state index in [0.29, 0.717) is 11.5 Å². The largest absolute Gasteiger partial charge is 0.478 e. The van der Waals surface area contributed by atoms with Gasteiger partial charge in [-0.15, -0.1) is 5.10 Å². The average Bonchev–Trinajstić information content (AvgIpc) is 2.75. The van der Waals surface area contributed by atoms with Crippen LogP contribution in [0.25, 0.3) is 0 Å². The lowest BCUT2D eigenvalue weighted by molar-refractivity contribution is 0.0697. The van der Waals surface area contributed by atoms with Gasteiger partial charge in [-0.05, 0) is 25.1 Å². The molecule has 0 aliphatic rings. The molecule has 2 rings (SSSR count). The van der Waals surface area contributed by atoms with E-state index in [1.807, 2.05) is 0 Å². The highest BCUT2D eigenvalue weighted by Crippen LogP contribution is 2.21. The smallest absolute Gasteiger partial charge is 0.337 e. The number of benzene rings is 1. The maximum atomic E-state index is 11.7. The van der Waals surface area contributed by atoms with Gasteiger partial charge in [-0.2, -0.15) is 0 Å². The molecule has 0 atom stereocenters. The topological polar surface area (TPSA) is 108 Å². The van der Waals surface area contributed by atoms with Gasteiger partial charge in [-0.3, -0.25) is 9.89 Å². The lowest BCUT2D eigenvalue weighted by Crippen LogP contribution is -2.14. The molecule has 1 heterocycles. The van der Waals surface area contributed by atoms with Gasteiger partial charge in [0.1, 0.15) is 5.82 Å². The Labute approximate surface area is 112 Å². The molecule has 0 aliphatic heterocycles. The van der Waals surface area contributed by atoms with E-state index < -0.39 is 11.9 Å². The Kier molecular flexibility index (Phi) is 3.48. The third kappa shape index (κ3) is 2.89. The number of aromatic amines is 1. The Morgan fingerprint density at radius 3 is 2.68 bits per heavy atom. The van der Waals surface area contributed by atoms with E-state index in [4.69, 9.17) is 16.7 Å². The monoisotopic (exact) mass is 280 g/mol. The number of hydrogen-bond acceptors (Lipinski definition) is 4. The number of hydrogen-bond donors (Lipinski definition) is 3. The molecule has 8 heteroatoms. The van der Waals surface area contributed by atoms with Gasteiger partial charge in [0.05, 0.1) is 10.6 Å². The predicted octanol–water partition coefficient (Wildman–Crippen LogP) is 1.72. The van der Waals surface area contributed by atoms with Gasteiger partial charge in [0.2, 0.25) is 5.82 Å². The maximum Gasteiger partial charge on any atom is 0.337 e. The van der Waals surface area contributed by atoms with Crippen molar-refractivity contribution in [1.82, 2.24) is 15.2 Å². The molecule has 0 spiro atoms. The Bertz CT molecular complexity index is 653. The number of nitrogens with zero attached hydrogens (tertiary/aromatic N) is 2. The number of carbonyl (C=O) groups excluding carboxylic acids is 1. The van der Waals surface area contributed by atoms with Gasteiger partial charge in [0, 0.05) is 5.69 Å². The number of aromatic nitrogens is 3. The number of carbonyl (C=O) groups is 2. The van der Waals surface area contributed by atoms with Crippen molar-refractivity contribution in [3.63, 3.8) is 0 Å². The van der Waals surface area contributed by atoms with Crippen LogP contribution < -0.4 is 5.32 Å². The van der Waals surface area contributed by atoms with E-state index >= 15 is 0 Å². The number of nitrogens with one attached hydrogen (secondary N) is 2. The van der Waals surface area contributed by atoms with Crippen LogP contribution in [0.15, 0.2) is 18.2 Å². The van der Waals surface area contributed by atoms with E-state index in [9.17, 15) is 9.59 Å². The minimum absolute atomic E-state index is 0.00377. The molecule has 3 N–H and O–H groups in total. The van der Waals surface area contributed by atoms with Crippen molar-refractivity contribution in [1.29, 1.82) is 0 Å². The number of aryl methyl sites for hydroxylation is 1. The second-order valence-electron chi connectivity index (χ2n) is 3.70. The molecular weight excluding hydrogens is 272 g/mol. The van der Waals surface area contributed by atoms with Crippen LogP contribution in [0.2, 0.25) is 5.02 Å². The molecule has 0 fully saturated rings. The second kappa shape index (κ2) is 5.07. The van der Waals surface area contributed by atoms with Crippen LogP contribution in [0.3, 0.4) is 0 Å². The van der Waals surface area contributed by atoms with E-state index in [1.54, 1.807) is 6.92 Å². The predicted molar refractivity (Wildman–Crippen MR) is 67.5 cm³/mol. The first-order valence-electron chi connectivity index (χ1n) is 5.20. The fraction of sp³-hybridized carbons (Fsp3) is 0.0909. The Morgan fingerprint density at radius 2 is 2.16 bits per heavy atom. The normalized spacial score (nSPS) is 10.2. The molecule has 0 radical (unpaired) electrons. The molecule has 0 saturated heterocycles. The average molecular weight is 281 g/mol. The first kappa shape index (κ1) is 13.0. The van der Waals surface area contributed by atoms with E-state index in [1.165, 1.54) is 18.2 Å². The highest BCUT2D eigenvalue weighted by atomic mass is 35.5. The summed E-state index contributed by atoms with van der Waals surface area (Å²) in [6.07, 6.45) is 0. The number of amides is 1. The summed E-state index contributed by atoms with van der Waals surface area (Å²) in [5, 5.41) is 17.6. The molecule has 19 heavy (non-hydrogen) atoms. The maximum absolute atomic E-state index is 11.7. The summed E-state index contributed by atoms with van der Waals surface area (Å²) in [7, 11) is 0. The first-order chi connectivity index (χ1) is 8.97. The van der Waals surface area contributed by atoms with Gasteiger partial charge >= 0.3 is 5.97 Å². The summed E-state index contributed by atoms with van der Waals surface area (Å²) in [6.45, 7) is 1.67. The number of aromatic carboxylic acids is 1. The summed E-state index contributed by atoms with van der Waals surface area (Å²) in [5.41, 5.74) is 0.329. The first-order valence-corrected chi connectivity index (χ1v) is 5.58. The van der Waals surface area contributed by atoms with E-state index in [-0.39, 0.29) is 16.4 Å². The van der Waals surface area contributed by atoms with Gasteiger partial charge in [0.15, 0.2) is 0 Å². The van der Waals surface area contributed by atoms with Crippen LogP contribution >= 0.6 is 11.6 Å². The van der Waals surface area contributed by atoms with Crippen LogP contribution in [0, 0.1) is 6.92 Å². The van der Waals surface area contributed by atoms with Gasteiger partial charge in [-0.25, -0.2) is 9.78 Å². The Balaban J connectivity index is 2.18. The third-order valence-electron chi connectivity index (χ3n) is 2.26. The fourth-order valence-corrected chi connectivity index (χ4v) is 1.66. The van der Waals surface area contributed by atoms with Crippen molar-refractivity contribution < 1.29 is 14.7 Å². The molecule has 1 aromatic heterocycles. The van der Waals surface area contributed by atoms with Crippen molar-refractivity contribution in [2.24, 2.45) is 0 Å². The number of halogens is 1. The quantitative estimate of drug-likeness (QED) is 0.793. The van der Waals surface area contributed by atoms with E-state index in [2.05, 4.69) is 20.5 Å². The Morgan fingerprint density at radius 1 is 1.42 bits per heavy atom. The van der Waals surface area contributed by atoms with Crippen LogP contribution in [-0.4, -0.2) is 32.2 Å². The highest BCUT2D eigenvalue weighted by molar-refractivity contribution is 6.33. The van der Waals surface area contributed by atoms with Crippen LogP contribution in [-0.2, 0) is 0 Å². The summed E-state index contributed by atoms with van der Waals surface area (Å²) in [5.74, 6) is -1.13. The van der Waals surface area contributed by atoms with Gasteiger partial charge in [-0.1, -0.05) is 11.6 Å². The Hall–Kier alpha value is -2.41. The van der Waals surface area contributed by atoms with Crippen molar-refractivity contribution >= 4 is 29.2 Å². The van der Waals surface area contributed by atoms with Crippen molar-refractivity contribution in [2.45, 2.75) is 6.92 Å². The lowest BCUT2D eigenvalue weighted by Gasteiger charge is -2.04. The molecule has 0 unspecified atom stereocenters. The number of carboxylic acid groups (broad SMARTS) is 1. The van der Waals surface area contributed by atoms with Crippen molar-refractivity contribution in [3.8, 4) is 0 Å². The molecule has 2 aromatic rings.